The molecule has 0 radical (unpaired) electrons. The quantitative estimate of drug-likeness (QED) is 0.473. The fraction of sp³-hybridized carbons (Fsp3) is 0.143. The molecule has 1 atom stereocenters. The highest BCUT2D eigenvalue weighted by Gasteiger charge is 2.36. The van der Waals surface area contributed by atoms with Crippen LogP contribution < -0.4 is 19.9 Å². The molecule has 1 aromatic heterocycles. The zero-order valence-electron chi connectivity index (χ0n) is 16.6. The number of nitro groups is 1. The molecule has 10 nitrogen and oxygen atoms in total. The first-order valence-electron chi connectivity index (χ1n) is 9.11. The van der Waals surface area contributed by atoms with Crippen LogP contribution in [0.4, 0.5) is 5.69 Å². The second-order valence-corrected chi connectivity index (χ2v) is 6.66. The predicted octanol–water partition coefficient (Wildman–Crippen LogP) is 3.22. The van der Waals surface area contributed by atoms with Crippen LogP contribution in [0.25, 0.3) is 11.3 Å². The maximum absolute atomic E-state index is 11.1. The lowest BCUT2D eigenvalue weighted by Crippen LogP contribution is -2.21. The van der Waals surface area contributed by atoms with E-state index in [1.165, 1.54) is 19.2 Å². The molecule has 1 aliphatic heterocycles. The lowest BCUT2D eigenvalue weighted by Gasteiger charge is -2.24. The number of non-ortho nitro benzene ring substituents is 1. The zero-order valence-corrected chi connectivity index (χ0v) is 16.6. The van der Waals surface area contributed by atoms with E-state index in [1.54, 1.807) is 37.4 Å². The Morgan fingerprint density at radius 3 is 2.58 bits per heavy atom. The summed E-state index contributed by atoms with van der Waals surface area (Å²) in [4.78, 5) is 10.6. The molecule has 0 saturated carbocycles. The number of aromatic amines is 1. The molecule has 2 aromatic carbocycles. The van der Waals surface area contributed by atoms with E-state index in [-0.39, 0.29) is 23.0 Å². The minimum atomic E-state index is -0.654. The van der Waals surface area contributed by atoms with Crippen LogP contribution >= 0.6 is 0 Å². The van der Waals surface area contributed by atoms with Crippen molar-refractivity contribution in [1.82, 2.24) is 10.2 Å². The first-order chi connectivity index (χ1) is 15.0. The van der Waals surface area contributed by atoms with Gasteiger partial charge in [-0.15, -0.1) is 5.10 Å². The van der Waals surface area contributed by atoms with Crippen molar-refractivity contribution in [2.75, 3.05) is 14.2 Å². The molecule has 31 heavy (non-hydrogen) atoms. The lowest BCUT2D eigenvalue weighted by molar-refractivity contribution is -0.384. The van der Waals surface area contributed by atoms with Crippen LogP contribution in [0.15, 0.2) is 53.9 Å². The van der Waals surface area contributed by atoms with Crippen LogP contribution in [0.3, 0.4) is 0 Å². The predicted molar refractivity (Wildman–Crippen MR) is 110 cm³/mol. The van der Waals surface area contributed by atoms with Crippen LogP contribution in [0.5, 0.6) is 17.4 Å². The van der Waals surface area contributed by atoms with Crippen molar-refractivity contribution in [2.45, 2.75) is 5.92 Å². The number of nitro benzene ring substituents is 1. The number of H-pyrrole nitrogens is 1. The van der Waals surface area contributed by atoms with Gasteiger partial charge in [0.1, 0.15) is 23.1 Å². The summed E-state index contributed by atoms with van der Waals surface area (Å²) in [5.74, 6) is 0.627. The van der Waals surface area contributed by atoms with E-state index in [4.69, 9.17) is 19.9 Å². The average Bonchev–Trinajstić information content (AvgIpc) is 3.20. The first kappa shape index (κ1) is 19.8. The Kier molecular flexibility index (Phi) is 4.92. The number of nitriles is 1. The van der Waals surface area contributed by atoms with Gasteiger partial charge >= 0.3 is 0 Å². The number of allylic oxidation sites excluding steroid dienone is 1. The summed E-state index contributed by atoms with van der Waals surface area (Å²) in [6, 6.07) is 13.3. The summed E-state index contributed by atoms with van der Waals surface area (Å²) in [5, 5.41) is 28.0. The molecule has 3 N–H and O–H groups in total. The molecular formula is C21H17N5O5. The van der Waals surface area contributed by atoms with Gasteiger partial charge in [0.2, 0.25) is 11.8 Å². The summed E-state index contributed by atoms with van der Waals surface area (Å²) >= 11 is 0. The molecule has 2 heterocycles. The van der Waals surface area contributed by atoms with Crippen molar-refractivity contribution >= 4 is 5.69 Å². The number of rotatable bonds is 5. The van der Waals surface area contributed by atoms with Crippen molar-refractivity contribution in [3.8, 4) is 34.7 Å². The largest absolute Gasteiger partial charge is 0.497 e. The highest BCUT2D eigenvalue weighted by molar-refractivity contribution is 5.76. The SMILES string of the molecule is COc1ccc(OC)c(-c2[nH]nc3c2C(c2ccc([N+](=O)[O-])cc2)C(C#N)=C(N)O3)c1. The Morgan fingerprint density at radius 1 is 1.23 bits per heavy atom. The third-order valence-electron chi connectivity index (χ3n) is 5.05. The number of ether oxygens (including phenoxy) is 3. The maximum atomic E-state index is 11.1. The lowest BCUT2D eigenvalue weighted by atomic mass is 9.83. The van der Waals surface area contributed by atoms with Crippen molar-refractivity contribution in [3.63, 3.8) is 0 Å². The van der Waals surface area contributed by atoms with E-state index in [9.17, 15) is 15.4 Å². The molecule has 0 fully saturated rings. The number of hydrogen-bond acceptors (Lipinski definition) is 8. The second-order valence-electron chi connectivity index (χ2n) is 6.66. The molecule has 1 aliphatic rings. The highest BCUT2D eigenvalue weighted by Crippen LogP contribution is 2.47. The Bertz CT molecular complexity index is 1240. The Morgan fingerprint density at radius 2 is 1.97 bits per heavy atom. The minimum absolute atomic E-state index is 0.0617. The third-order valence-corrected chi connectivity index (χ3v) is 5.05. The fourth-order valence-corrected chi connectivity index (χ4v) is 3.58. The molecule has 156 valence electrons. The van der Waals surface area contributed by atoms with Crippen LogP contribution in [0.1, 0.15) is 17.0 Å². The van der Waals surface area contributed by atoms with Gasteiger partial charge in [-0.2, -0.15) is 5.26 Å². The van der Waals surface area contributed by atoms with E-state index in [0.29, 0.717) is 33.9 Å². The average molecular weight is 419 g/mol. The molecule has 10 heteroatoms. The standard InChI is InChI=1S/C21H17N5O5/c1-29-13-7-8-16(30-2)14(9-13)19-18-17(11-3-5-12(6-4-11)26(27)28)15(10-22)20(23)31-21(18)25-24-19/h3-9,17H,23H2,1-2H3,(H,24,25). The fourth-order valence-electron chi connectivity index (χ4n) is 3.58. The van der Waals surface area contributed by atoms with Crippen LogP contribution in [0, 0.1) is 21.4 Å². The van der Waals surface area contributed by atoms with E-state index >= 15 is 0 Å². The summed E-state index contributed by atoms with van der Waals surface area (Å²) in [5.41, 5.74) is 8.48. The van der Waals surface area contributed by atoms with Crippen molar-refractivity contribution in [3.05, 3.63) is 75.2 Å². The molecule has 0 amide bonds. The van der Waals surface area contributed by atoms with E-state index < -0.39 is 10.8 Å². The molecule has 4 rings (SSSR count). The van der Waals surface area contributed by atoms with Gasteiger partial charge in [-0.25, -0.2) is 0 Å². The Hall–Kier alpha value is -4.52. The van der Waals surface area contributed by atoms with Crippen molar-refractivity contribution < 1.29 is 19.1 Å². The Labute approximate surface area is 176 Å². The number of benzene rings is 2. The highest BCUT2D eigenvalue weighted by atomic mass is 16.6. The van der Waals surface area contributed by atoms with Crippen LogP contribution in [0.2, 0.25) is 0 Å². The minimum Gasteiger partial charge on any atom is -0.497 e. The number of aromatic nitrogens is 2. The molecule has 0 spiro atoms. The number of nitrogens with two attached hydrogens (primary N) is 1. The number of hydrogen-bond donors (Lipinski definition) is 2. The summed E-state index contributed by atoms with van der Waals surface area (Å²) < 4.78 is 16.4. The first-order valence-corrected chi connectivity index (χ1v) is 9.11. The van der Waals surface area contributed by atoms with Gasteiger partial charge in [-0.1, -0.05) is 12.1 Å². The monoisotopic (exact) mass is 419 g/mol. The molecular weight excluding hydrogens is 402 g/mol. The smallest absolute Gasteiger partial charge is 0.269 e. The number of nitrogens with one attached hydrogen (secondary N) is 1. The van der Waals surface area contributed by atoms with Crippen LogP contribution in [-0.4, -0.2) is 29.3 Å². The third kappa shape index (κ3) is 3.28. The molecule has 0 bridgehead atoms. The van der Waals surface area contributed by atoms with Gasteiger partial charge in [-0.05, 0) is 23.8 Å². The van der Waals surface area contributed by atoms with Gasteiger partial charge < -0.3 is 19.9 Å². The Balaban J connectivity index is 1.94. The van der Waals surface area contributed by atoms with Gasteiger partial charge in [0, 0.05) is 17.7 Å². The molecule has 0 aliphatic carbocycles. The molecule has 3 aromatic rings. The number of fused-ring (bicyclic) bond motifs is 1. The topological polar surface area (TPSA) is 149 Å². The van der Waals surface area contributed by atoms with Crippen LogP contribution in [-0.2, 0) is 0 Å². The van der Waals surface area contributed by atoms with E-state index in [1.807, 2.05) is 0 Å². The number of nitrogens with zero attached hydrogens (tertiary/aromatic N) is 3. The normalized spacial score (nSPS) is 14.9. The number of methoxy groups -OCH3 is 2. The second kappa shape index (κ2) is 7.72. The van der Waals surface area contributed by atoms with Gasteiger partial charge in [-0.3, -0.25) is 15.2 Å². The van der Waals surface area contributed by atoms with Gasteiger partial charge in [0.15, 0.2) is 0 Å². The van der Waals surface area contributed by atoms with Gasteiger partial charge in [0.05, 0.1) is 36.3 Å². The van der Waals surface area contributed by atoms with Crippen molar-refractivity contribution in [2.24, 2.45) is 5.73 Å². The summed E-state index contributed by atoms with van der Waals surface area (Å²) in [7, 11) is 3.09. The molecule has 1 unspecified atom stereocenters. The summed E-state index contributed by atoms with van der Waals surface area (Å²) in [6.07, 6.45) is 0. The van der Waals surface area contributed by atoms with E-state index in [2.05, 4.69) is 16.3 Å². The van der Waals surface area contributed by atoms with Gasteiger partial charge in [0.25, 0.3) is 5.69 Å². The zero-order chi connectivity index (χ0) is 22.1. The van der Waals surface area contributed by atoms with E-state index in [0.717, 1.165) is 0 Å². The summed E-state index contributed by atoms with van der Waals surface area (Å²) in [6.45, 7) is 0. The van der Waals surface area contributed by atoms with Crippen molar-refractivity contribution in [1.29, 1.82) is 5.26 Å². The maximum Gasteiger partial charge on any atom is 0.269 e. The molecule has 0 saturated heterocycles.